The van der Waals surface area contributed by atoms with Crippen molar-refractivity contribution in [1.29, 1.82) is 0 Å². The zero-order chi connectivity index (χ0) is 13.4. The molecule has 1 amide bonds. The number of rotatable bonds is 3. The van der Waals surface area contributed by atoms with E-state index in [2.05, 4.69) is 5.32 Å². The number of nitrogens with one attached hydrogen (secondary N) is 1. The molecule has 1 aromatic carbocycles. The van der Waals surface area contributed by atoms with Gasteiger partial charge in [-0.2, -0.15) is 0 Å². The van der Waals surface area contributed by atoms with Crippen molar-refractivity contribution in [3.63, 3.8) is 0 Å². The molecule has 98 valence electrons. The molecular weight excluding hydrogens is 242 g/mol. The molecule has 0 aromatic heterocycles. The maximum absolute atomic E-state index is 11.3. The highest BCUT2D eigenvalue weighted by Gasteiger charge is 2.25. The third kappa shape index (κ3) is 2.26. The largest absolute Gasteiger partial charge is 0.478 e. The Morgan fingerprint density at radius 3 is 2.79 bits per heavy atom. The molecule has 0 atom stereocenters. The Kier molecular flexibility index (Phi) is 2.85. The molecule has 4 heteroatoms. The average molecular weight is 257 g/mol. The lowest BCUT2D eigenvalue weighted by molar-refractivity contribution is -0.131. The van der Waals surface area contributed by atoms with Gasteiger partial charge in [-0.25, -0.2) is 4.79 Å². The van der Waals surface area contributed by atoms with E-state index in [-0.39, 0.29) is 5.91 Å². The summed E-state index contributed by atoms with van der Waals surface area (Å²) in [5.41, 5.74) is 3.62. The Morgan fingerprint density at radius 1 is 1.37 bits per heavy atom. The van der Waals surface area contributed by atoms with Gasteiger partial charge in [-0.05, 0) is 47.6 Å². The summed E-state index contributed by atoms with van der Waals surface area (Å²) in [5.74, 6) is -0.560. The van der Waals surface area contributed by atoms with Gasteiger partial charge in [0.15, 0.2) is 0 Å². The van der Waals surface area contributed by atoms with Crippen LogP contribution in [0.4, 0.5) is 5.69 Å². The van der Waals surface area contributed by atoms with Crippen LogP contribution >= 0.6 is 0 Å². The minimum Gasteiger partial charge on any atom is -0.478 e. The van der Waals surface area contributed by atoms with Crippen LogP contribution in [-0.2, 0) is 16.0 Å². The number of aliphatic carboxylic acids is 1. The smallest absolute Gasteiger partial charge is 0.328 e. The number of allylic oxidation sites excluding steroid dienone is 1. The van der Waals surface area contributed by atoms with Crippen LogP contribution < -0.4 is 5.32 Å². The molecule has 19 heavy (non-hydrogen) atoms. The predicted molar refractivity (Wildman–Crippen MR) is 71.7 cm³/mol. The second-order valence-electron chi connectivity index (χ2n) is 5.16. The standard InChI is InChI=1S/C15H15NO3/c17-14-7-11-6-10(4-5-13(11)16-14)12(8-15(18)19)9-2-1-3-9/h4-6,8-9H,1-3,7H2,(H,16,17)(H,18,19)/b12-8+. The number of carbonyl (C=O) groups is 2. The minimum atomic E-state index is -0.906. The number of hydrogen-bond acceptors (Lipinski definition) is 2. The fourth-order valence-corrected chi connectivity index (χ4v) is 2.70. The first-order valence-corrected chi connectivity index (χ1v) is 6.51. The van der Waals surface area contributed by atoms with Crippen LogP contribution in [-0.4, -0.2) is 17.0 Å². The summed E-state index contributed by atoms with van der Waals surface area (Å²) in [5, 5.41) is 11.8. The van der Waals surface area contributed by atoms with E-state index in [4.69, 9.17) is 5.11 Å². The number of amides is 1. The van der Waals surface area contributed by atoms with E-state index < -0.39 is 5.97 Å². The molecule has 2 aliphatic rings. The van der Waals surface area contributed by atoms with Gasteiger partial charge in [0.1, 0.15) is 0 Å². The number of hydrogen-bond donors (Lipinski definition) is 2. The Hall–Kier alpha value is -2.10. The van der Waals surface area contributed by atoms with Crippen LogP contribution in [0.15, 0.2) is 24.3 Å². The van der Waals surface area contributed by atoms with Crippen molar-refractivity contribution in [1.82, 2.24) is 0 Å². The van der Waals surface area contributed by atoms with Crippen LogP contribution in [0.1, 0.15) is 30.4 Å². The van der Waals surface area contributed by atoms with Crippen LogP contribution in [0, 0.1) is 5.92 Å². The molecule has 1 saturated carbocycles. The molecule has 0 saturated heterocycles. The maximum atomic E-state index is 11.3. The summed E-state index contributed by atoms with van der Waals surface area (Å²) in [6.45, 7) is 0. The number of anilines is 1. The number of fused-ring (bicyclic) bond motifs is 1. The second-order valence-corrected chi connectivity index (χ2v) is 5.16. The SMILES string of the molecule is O=C(O)/C=C(/c1ccc2c(c1)CC(=O)N2)C1CCC1. The van der Waals surface area contributed by atoms with Crippen molar-refractivity contribution in [2.45, 2.75) is 25.7 Å². The Morgan fingerprint density at radius 2 is 2.16 bits per heavy atom. The first-order valence-electron chi connectivity index (χ1n) is 6.51. The molecule has 4 nitrogen and oxygen atoms in total. The molecule has 1 aliphatic carbocycles. The van der Waals surface area contributed by atoms with E-state index in [0.717, 1.165) is 41.6 Å². The van der Waals surface area contributed by atoms with Crippen molar-refractivity contribution in [2.24, 2.45) is 5.92 Å². The van der Waals surface area contributed by atoms with E-state index in [9.17, 15) is 9.59 Å². The molecular formula is C15H15NO3. The lowest BCUT2D eigenvalue weighted by atomic mass is 9.76. The molecule has 2 N–H and O–H groups in total. The summed E-state index contributed by atoms with van der Waals surface area (Å²) in [4.78, 5) is 22.3. The van der Waals surface area contributed by atoms with Crippen LogP contribution in [0.5, 0.6) is 0 Å². The molecule has 0 unspecified atom stereocenters. The highest BCUT2D eigenvalue weighted by molar-refractivity contribution is 6.00. The fourth-order valence-electron chi connectivity index (χ4n) is 2.70. The lowest BCUT2D eigenvalue weighted by Crippen LogP contribution is -2.14. The quantitative estimate of drug-likeness (QED) is 0.817. The van der Waals surface area contributed by atoms with Gasteiger partial charge in [0, 0.05) is 11.8 Å². The summed E-state index contributed by atoms with van der Waals surface area (Å²) in [6.07, 6.45) is 4.96. The van der Waals surface area contributed by atoms with E-state index >= 15 is 0 Å². The summed E-state index contributed by atoms with van der Waals surface area (Å²) >= 11 is 0. The van der Waals surface area contributed by atoms with Crippen LogP contribution in [0.25, 0.3) is 5.57 Å². The van der Waals surface area contributed by atoms with Crippen molar-refractivity contribution in [3.8, 4) is 0 Å². The van der Waals surface area contributed by atoms with Crippen molar-refractivity contribution in [3.05, 3.63) is 35.4 Å². The number of carboxylic acid groups (broad SMARTS) is 1. The molecule has 1 aliphatic heterocycles. The van der Waals surface area contributed by atoms with E-state index in [0.29, 0.717) is 12.3 Å². The molecule has 1 aromatic rings. The normalized spacial score (nSPS) is 18.7. The van der Waals surface area contributed by atoms with E-state index in [1.165, 1.54) is 6.08 Å². The first kappa shape index (κ1) is 12.0. The zero-order valence-electron chi connectivity index (χ0n) is 10.5. The van der Waals surface area contributed by atoms with Gasteiger partial charge in [0.25, 0.3) is 0 Å². The predicted octanol–water partition coefficient (Wildman–Crippen LogP) is 2.45. The van der Waals surface area contributed by atoms with Gasteiger partial charge in [-0.3, -0.25) is 4.79 Å². The third-order valence-electron chi connectivity index (χ3n) is 3.89. The van der Waals surface area contributed by atoms with Crippen molar-refractivity contribution in [2.75, 3.05) is 5.32 Å². The van der Waals surface area contributed by atoms with Gasteiger partial charge >= 0.3 is 5.97 Å². The summed E-state index contributed by atoms with van der Waals surface area (Å²) in [7, 11) is 0. The highest BCUT2D eigenvalue weighted by atomic mass is 16.4. The first-order chi connectivity index (χ1) is 9.13. The van der Waals surface area contributed by atoms with Crippen LogP contribution in [0.3, 0.4) is 0 Å². The Balaban J connectivity index is 1.97. The lowest BCUT2D eigenvalue weighted by Gasteiger charge is -2.28. The molecule has 3 rings (SSSR count). The average Bonchev–Trinajstić information content (AvgIpc) is 2.64. The van der Waals surface area contributed by atoms with E-state index in [1.807, 2.05) is 18.2 Å². The molecule has 0 bridgehead atoms. The summed E-state index contributed by atoms with van der Waals surface area (Å²) < 4.78 is 0. The topological polar surface area (TPSA) is 66.4 Å². The second kappa shape index (κ2) is 4.53. The highest BCUT2D eigenvalue weighted by Crippen LogP contribution is 2.39. The van der Waals surface area contributed by atoms with Gasteiger partial charge in [0.05, 0.1) is 6.42 Å². The molecule has 0 spiro atoms. The van der Waals surface area contributed by atoms with Crippen LogP contribution in [0.2, 0.25) is 0 Å². The minimum absolute atomic E-state index is 0.000409. The summed E-state index contributed by atoms with van der Waals surface area (Å²) in [6, 6.07) is 5.71. The van der Waals surface area contributed by atoms with E-state index in [1.54, 1.807) is 0 Å². The molecule has 1 heterocycles. The van der Waals surface area contributed by atoms with Gasteiger partial charge in [0.2, 0.25) is 5.91 Å². The Bertz CT molecular complexity index is 585. The van der Waals surface area contributed by atoms with Gasteiger partial charge in [-0.1, -0.05) is 12.5 Å². The van der Waals surface area contributed by atoms with Crippen molar-refractivity contribution < 1.29 is 14.7 Å². The number of carboxylic acids is 1. The van der Waals surface area contributed by atoms with Gasteiger partial charge < -0.3 is 10.4 Å². The molecule has 0 radical (unpaired) electrons. The third-order valence-corrected chi connectivity index (χ3v) is 3.89. The fraction of sp³-hybridized carbons (Fsp3) is 0.333. The van der Waals surface area contributed by atoms with Crippen molar-refractivity contribution >= 4 is 23.1 Å². The maximum Gasteiger partial charge on any atom is 0.328 e. The zero-order valence-corrected chi connectivity index (χ0v) is 10.5. The number of benzene rings is 1. The van der Waals surface area contributed by atoms with Gasteiger partial charge in [-0.15, -0.1) is 0 Å². The molecule has 1 fully saturated rings. The number of carbonyl (C=O) groups excluding carboxylic acids is 1. The Labute approximate surface area is 111 Å². The monoisotopic (exact) mass is 257 g/mol.